The number of aliphatic imine (C=N–C) groups is 1. The quantitative estimate of drug-likeness (QED) is 0.107. The summed E-state index contributed by atoms with van der Waals surface area (Å²) < 4.78 is 24.1. The molecular weight excluding hydrogens is 765 g/mol. The Morgan fingerprint density at radius 2 is 1.52 bits per heavy atom. The molecule has 0 saturated heterocycles. The largest absolute Gasteiger partial charge is 0.493 e. The minimum absolute atomic E-state index is 0.0391. The van der Waals surface area contributed by atoms with Crippen molar-refractivity contribution in [3.63, 3.8) is 0 Å². The summed E-state index contributed by atoms with van der Waals surface area (Å²) in [5.41, 5.74) is 7.62. The lowest BCUT2D eigenvalue weighted by molar-refractivity contribution is -0.120. The summed E-state index contributed by atoms with van der Waals surface area (Å²) in [6, 6.07) is 26.9. The molecule has 2 unspecified atom stereocenters. The summed E-state index contributed by atoms with van der Waals surface area (Å²) >= 11 is 0. The summed E-state index contributed by atoms with van der Waals surface area (Å²) in [4.78, 5) is 60.1. The number of carbonyl (C=O) groups excluding carboxylic acids is 4. The molecule has 3 heterocycles. The average molecular weight is 809 g/mol. The SMILES string of the molecule is CNc1cc(OCc2cc(COc3cc4c(cc3OC)C(=O)N3c5ccccc5CC3C=N4)cc(NC(=O)C(C)NC=O)c2)c(OC)cc1C(=O)N1CCc2ccccc21. The van der Waals surface area contributed by atoms with Gasteiger partial charge in [-0.2, -0.15) is 0 Å². The van der Waals surface area contributed by atoms with Gasteiger partial charge in [-0.05, 0) is 78.1 Å². The van der Waals surface area contributed by atoms with Crippen LogP contribution < -0.4 is 44.7 Å². The molecule has 4 amide bonds. The molecule has 0 fully saturated rings. The number of hydrogen-bond donors (Lipinski definition) is 3. The first-order chi connectivity index (χ1) is 29.2. The molecule has 0 aliphatic carbocycles. The van der Waals surface area contributed by atoms with Crippen LogP contribution in [0, 0.1) is 0 Å². The highest BCUT2D eigenvalue weighted by Crippen LogP contribution is 2.42. The fourth-order valence-corrected chi connectivity index (χ4v) is 7.85. The number of rotatable bonds is 14. The minimum Gasteiger partial charge on any atom is -0.493 e. The molecule has 60 heavy (non-hydrogen) atoms. The van der Waals surface area contributed by atoms with Crippen LogP contribution in [0.5, 0.6) is 23.0 Å². The van der Waals surface area contributed by atoms with Crippen LogP contribution >= 0.6 is 0 Å². The van der Waals surface area contributed by atoms with Crippen LogP contribution in [0.15, 0.2) is 96.0 Å². The first kappa shape index (κ1) is 39.5. The molecule has 306 valence electrons. The third-order valence-electron chi connectivity index (χ3n) is 10.9. The molecule has 0 spiro atoms. The molecule has 0 radical (unpaired) electrons. The third-order valence-corrected chi connectivity index (χ3v) is 10.9. The zero-order valence-electron chi connectivity index (χ0n) is 33.6. The number of anilines is 4. The molecule has 3 N–H and O–H groups in total. The van der Waals surface area contributed by atoms with E-state index in [-0.39, 0.29) is 31.1 Å². The Hall–Kier alpha value is -7.35. The number of methoxy groups -OCH3 is 2. The van der Waals surface area contributed by atoms with Gasteiger partial charge in [0.25, 0.3) is 11.8 Å². The van der Waals surface area contributed by atoms with Crippen molar-refractivity contribution in [2.45, 2.75) is 45.1 Å². The Balaban J connectivity index is 1.05. The Morgan fingerprint density at radius 3 is 2.22 bits per heavy atom. The van der Waals surface area contributed by atoms with Gasteiger partial charge in [0.2, 0.25) is 12.3 Å². The third kappa shape index (κ3) is 7.66. The molecule has 2 atom stereocenters. The van der Waals surface area contributed by atoms with Crippen molar-refractivity contribution in [2.24, 2.45) is 4.99 Å². The lowest BCUT2D eigenvalue weighted by atomic mass is 10.1. The molecule has 3 aliphatic rings. The molecular formula is C46H44N6O8. The normalized spacial score (nSPS) is 15.1. The van der Waals surface area contributed by atoms with E-state index in [2.05, 4.69) is 16.0 Å². The molecule has 0 bridgehead atoms. The van der Waals surface area contributed by atoms with Crippen molar-refractivity contribution in [3.05, 3.63) is 124 Å². The molecule has 0 aromatic heterocycles. The van der Waals surface area contributed by atoms with E-state index in [0.717, 1.165) is 28.9 Å². The second kappa shape index (κ2) is 16.9. The number of ether oxygens (including phenoxy) is 4. The fourth-order valence-electron chi connectivity index (χ4n) is 7.85. The average Bonchev–Trinajstić information content (AvgIpc) is 3.84. The van der Waals surface area contributed by atoms with Crippen LogP contribution in [0.25, 0.3) is 0 Å². The van der Waals surface area contributed by atoms with Gasteiger partial charge in [-0.1, -0.05) is 36.4 Å². The summed E-state index contributed by atoms with van der Waals surface area (Å²) in [5, 5.41) is 8.47. The highest BCUT2D eigenvalue weighted by Gasteiger charge is 2.36. The van der Waals surface area contributed by atoms with Crippen LogP contribution in [-0.2, 0) is 35.6 Å². The van der Waals surface area contributed by atoms with Crippen molar-refractivity contribution in [3.8, 4) is 23.0 Å². The fraction of sp³-hybridized carbons (Fsp3) is 0.239. The number of carbonyl (C=O) groups is 4. The van der Waals surface area contributed by atoms with Crippen molar-refractivity contribution in [1.82, 2.24) is 5.32 Å². The van der Waals surface area contributed by atoms with Gasteiger partial charge >= 0.3 is 0 Å². The van der Waals surface area contributed by atoms with E-state index in [1.165, 1.54) is 14.2 Å². The zero-order chi connectivity index (χ0) is 41.9. The molecule has 5 aromatic rings. The summed E-state index contributed by atoms with van der Waals surface area (Å²) in [7, 11) is 4.76. The Kier molecular flexibility index (Phi) is 11.1. The molecule has 0 saturated carbocycles. The number of nitrogens with one attached hydrogen (secondary N) is 3. The van der Waals surface area contributed by atoms with Gasteiger partial charge in [0, 0.05) is 55.4 Å². The lowest BCUT2D eigenvalue weighted by Gasteiger charge is -2.22. The van der Waals surface area contributed by atoms with Gasteiger partial charge in [-0.25, -0.2) is 0 Å². The number of para-hydroxylation sites is 2. The summed E-state index contributed by atoms with van der Waals surface area (Å²) in [6.07, 6.45) is 3.72. The number of nitrogens with zero attached hydrogens (tertiary/aromatic N) is 3. The molecule has 14 nitrogen and oxygen atoms in total. The Bertz CT molecular complexity index is 2540. The monoisotopic (exact) mass is 808 g/mol. The lowest BCUT2D eigenvalue weighted by Crippen LogP contribution is -2.37. The van der Waals surface area contributed by atoms with E-state index in [0.29, 0.717) is 81.7 Å². The maximum absolute atomic E-state index is 13.9. The highest BCUT2D eigenvalue weighted by molar-refractivity contribution is 6.15. The molecule has 14 heteroatoms. The van der Waals surface area contributed by atoms with Gasteiger partial charge in [0.15, 0.2) is 23.0 Å². The summed E-state index contributed by atoms with van der Waals surface area (Å²) in [6.45, 7) is 2.23. The van der Waals surface area contributed by atoms with Gasteiger partial charge in [0.05, 0.1) is 42.8 Å². The van der Waals surface area contributed by atoms with Crippen molar-refractivity contribution in [2.75, 3.05) is 48.2 Å². The number of benzene rings is 5. The molecule has 5 aromatic carbocycles. The van der Waals surface area contributed by atoms with E-state index in [1.54, 1.807) is 66.4 Å². The topological polar surface area (TPSA) is 160 Å². The van der Waals surface area contributed by atoms with Crippen molar-refractivity contribution in [1.29, 1.82) is 0 Å². The number of amides is 4. The smallest absolute Gasteiger partial charge is 0.261 e. The number of hydrogen-bond acceptors (Lipinski definition) is 10. The summed E-state index contributed by atoms with van der Waals surface area (Å²) in [5.74, 6) is 0.732. The Labute approximate surface area is 347 Å². The van der Waals surface area contributed by atoms with Gasteiger partial charge in [-0.15, -0.1) is 0 Å². The van der Waals surface area contributed by atoms with Crippen LogP contribution in [-0.4, -0.2) is 70.2 Å². The van der Waals surface area contributed by atoms with E-state index >= 15 is 0 Å². The van der Waals surface area contributed by atoms with Crippen molar-refractivity contribution < 1.29 is 38.1 Å². The van der Waals surface area contributed by atoms with Gasteiger partial charge < -0.3 is 39.8 Å². The second-order valence-electron chi connectivity index (χ2n) is 14.6. The highest BCUT2D eigenvalue weighted by atomic mass is 16.5. The van der Waals surface area contributed by atoms with Crippen LogP contribution in [0.2, 0.25) is 0 Å². The van der Waals surface area contributed by atoms with Crippen LogP contribution in [0.1, 0.15) is 49.9 Å². The van der Waals surface area contributed by atoms with Gasteiger partial charge in [-0.3, -0.25) is 29.1 Å². The van der Waals surface area contributed by atoms with E-state index in [4.69, 9.17) is 23.9 Å². The predicted molar refractivity (Wildman–Crippen MR) is 229 cm³/mol. The van der Waals surface area contributed by atoms with E-state index < -0.39 is 11.9 Å². The minimum atomic E-state index is -0.793. The van der Waals surface area contributed by atoms with E-state index in [9.17, 15) is 19.2 Å². The van der Waals surface area contributed by atoms with Crippen molar-refractivity contribution >= 4 is 58.8 Å². The first-order valence-electron chi connectivity index (χ1n) is 19.6. The van der Waals surface area contributed by atoms with Gasteiger partial charge in [0.1, 0.15) is 19.3 Å². The molecule has 8 rings (SSSR count). The maximum atomic E-state index is 13.9. The predicted octanol–water partition coefficient (Wildman–Crippen LogP) is 6.47. The Morgan fingerprint density at radius 1 is 0.850 bits per heavy atom. The first-order valence-corrected chi connectivity index (χ1v) is 19.6. The zero-order valence-corrected chi connectivity index (χ0v) is 33.6. The standard InChI is InChI=1S/C46H44N6O8/c1-27(49-26-53)44(54)50-32-16-28(24-59-42-21-36(47-2)34(19-40(42)57-3)45(55)51-14-13-30-9-5-7-11-38(30)51)15-29(17-32)25-60-43-22-37-35(20-41(43)58-4)46(56)52-33(23-48-37)18-31-10-6-8-12-39(31)52/h5-12,15-17,19-23,26-27,33,47H,13-14,18,24-25H2,1-4H3,(H,49,53)(H,50,54). The maximum Gasteiger partial charge on any atom is 0.261 e. The molecule has 3 aliphatic heterocycles. The number of fused-ring (bicyclic) bond motifs is 5. The van der Waals surface area contributed by atoms with Crippen LogP contribution in [0.4, 0.5) is 28.4 Å². The van der Waals surface area contributed by atoms with E-state index in [1.807, 2.05) is 54.6 Å². The second-order valence-corrected chi connectivity index (χ2v) is 14.6. The van der Waals surface area contributed by atoms with Crippen LogP contribution in [0.3, 0.4) is 0 Å².